The van der Waals surface area contributed by atoms with Crippen LogP contribution in [0.25, 0.3) is 0 Å². The molecule has 8 N–H and O–H groups in total. The van der Waals surface area contributed by atoms with Crippen LogP contribution in [-0.4, -0.2) is 121 Å². The summed E-state index contributed by atoms with van der Waals surface area (Å²) in [6.45, 7) is 3.01. The summed E-state index contributed by atoms with van der Waals surface area (Å²) < 4.78 is 33.4. The van der Waals surface area contributed by atoms with Crippen molar-refractivity contribution in [1.82, 2.24) is 0 Å². The number of aliphatic hydroxyl groups is 7. The first-order valence-corrected chi connectivity index (χ1v) is 25.2. The Hall–Kier alpha value is -2.27. The highest BCUT2D eigenvalue weighted by Crippen LogP contribution is 2.47. The Balaban J connectivity index is 2.55. The average Bonchev–Trinajstić information content (AvgIpc) is 3.25. The molecule has 0 saturated heterocycles. The zero-order chi connectivity index (χ0) is 46.7. The zero-order valence-corrected chi connectivity index (χ0v) is 39.0. The molecule has 0 radical (unpaired) electrons. The molecule has 0 aromatic carbocycles. The van der Waals surface area contributed by atoms with Crippen molar-refractivity contribution in [2.24, 2.45) is 0 Å². The molecular formula is C47H83O15P. The predicted octanol–water partition coefficient (Wildman–Crippen LogP) is 7.11. The third kappa shape index (κ3) is 29.8. The van der Waals surface area contributed by atoms with Gasteiger partial charge in [0, 0.05) is 12.8 Å². The van der Waals surface area contributed by atoms with Crippen molar-refractivity contribution in [2.75, 3.05) is 13.2 Å². The lowest BCUT2D eigenvalue weighted by Gasteiger charge is -2.41. The Kier molecular flexibility index (Phi) is 34.4. The lowest BCUT2D eigenvalue weighted by atomic mass is 9.85. The molecular weight excluding hydrogens is 835 g/mol. The van der Waals surface area contributed by atoms with Crippen LogP contribution in [-0.2, 0) is 32.7 Å². The molecule has 1 saturated carbocycles. The van der Waals surface area contributed by atoms with Gasteiger partial charge < -0.3 is 50.1 Å². The molecule has 0 aromatic rings. The summed E-state index contributed by atoms with van der Waals surface area (Å²) >= 11 is 0. The van der Waals surface area contributed by atoms with Gasteiger partial charge in [-0.15, -0.1) is 0 Å². The van der Waals surface area contributed by atoms with Crippen LogP contribution in [0.5, 0.6) is 0 Å². The van der Waals surface area contributed by atoms with Crippen LogP contribution >= 0.6 is 7.82 Å². The minimum Gasteiger partial charge on any atom is -0.462 e. The number of unbranched alkanes of at least 4 members (excludes halogenated alkanes) is 16. The van der Waals surface area contributed by atoms with E-state index in [1.807, 2.05) is 24.3 Å². The number of esters is 2. The fourth-order valence-electron chi connectivity index (χ4n) is 6.97. The van der Waals surface area contributed by atoms with E-state index in [4.69, 9.17) is 18.5 Å². The van der Waals surface area contributed by atoms with Gasteiger partial charge in [0.2, 0.25) is 0 Å². The molecule has 15 nitrogen and oxygen atoms in total. The number of allylic oxidation sites excluding steroid dienone is 6. The lowest BCUT2D eigenvalue weighted by molar-refractivity contribution is -0.220. The van der Waals surface area contributed by atoms with E-state index in [1.165, 1.54) is 64.2 Å². The van der Waals surface area contributed by atoms with Crippen LogP contribution in [0.2, 0.25) is 0 Å². The molecule has 1 aliphatic carbocycles. The lowest BCUT2D eigenvalue weighted by Crippen LogP contribution is -2.64. The zero-order valence-electron chi connectivity index (χ0n) is 38.1. The van der Waals surface area contributed by atoms with Crippen molar-refractivity contribution in [2.45, 2.75) is 223 Å². The molecule has 3 unspecified atom stereocenters. The Labute approximate surface area is 376 Å². The molecule has 63 heavy (non-hydrogen) atoms. The third-order valence-electron chi connectivity index (χ3n) is 10.9. The Morgan fingerprint density at radius 1 is 0.556 bits per heavy atom. The van der Waals surface area contributed by atoms with Crippen LogP contribution < -0.4 is 0 Å². The second kappa shape index (κ2) is 36.9. The fourth-order valence-corrected chi connectivity index (χ4v) is 7.94. The van der Waals surface area contributed by atoms with E-state index in [0.29, 0.717) is 12.8 Å². The summed E-state index contributed by atoms with van der Waals surface area (Å²) in [5.41, 5.74) is 0. The monoisotopic (exact) mass is 919 g/mol. The molecule has 16 heteroatoms. The number of rotatable bonds is 38. The van der Waals surface area contributed by atoms with Crippen molar-refractivity contribution in [3.8, 4) is 0 Å². The second-order valence-electron chi connectivity index (χ2n) is 16.7. The molecule has 0 aliphatic heterocycles. The normalized spacial score (nSPS) is 23.1. The van der Waals surface area contributed by atoms with Crippen molar-refractivity contribution in [3.05, 3.63) is 48.6 Å². The van der Waals surface area contributed by atoms with Crippen molar-refractivity contribution >= 4 is 19.8 Å². The molecule has 1 fully saturated rings. The van der Waals surface area contributed by atoms with Crippen LogP contribution in [0.1, 0.15) is 168 Å². The molecule has 366 valence electrons. The minimum atomic E-state index is -5.17. The second-order valence-corrected chi connectivity index (χ2v) is 18.1. The first-order chi connectivity index (χ1) is 30.2. The van der Waals surface area contributed by atoms with Gasteiger partial charge >= 0.3 is 19.8 Å². The number of carbonyl (C=O) groups excluding carboxylic acids is 2. The molecule has 0 aromatic heterocycles. The van der Waals surface area contributed by atoms with E-state index in [2.05, 4.69) is 13.8 Å². The quantitative estimate of drug-likeness (QED) is 0.0133. The van der Waals surface area contributed by atoms with Gasteiger partial charge in [-0.1, -0.05) is 172 Å². The van der Waals surface area contributed by atoms with Gasteiger partial charge in [-0.2, -0.15) is 0 Å². The van der Waals surface area contributed by atoms with Gasteiger partial charge in [-0.05, 0) is 32.1 Å². The van der Waals surface area contributed by atoms with Crippen LogP contribution in [0.15, 0.2) is 48.6 Å². The van der Waals surface area contributed by atoms with E-state index >= 15 is 0 Å². The summed E-state index contributed by atoms with van der Waals surface area (Å²) in [5, 5.41) is 70.3. The highest BCUT2D eigenvalue weighted by atomic mass is 31.2. The maximum Gasteiger partial charge on any atom is 0.472 e. The van der Waals surface area contributed by atoms with Gasteiger partial charge in [0.1, 0.15) is 43.2 Å². The number of carbonyl (C=O) groups is 2. The van der Waals surface area contributed by atoms with Crippen LogP contribution in [0.4, 0.5) is 0 Å². The van der Waals surface area contributed by atoms with Gasteiger partial charge in [0.15, 0.2) is 6.10 Å². The van der Waals surface area contributed by atoms with E-state index < -0.39 is 87.9 Å². The highest BCUT2D eigenvalue weighted by Gasteiger charge is 2.51. The SMILES string of the molecule is CCCCCCCCCCCCCCCCCC(=O)O[C@H](COC(=O)CCC[C@@H](O)/C=C/C=C\C/C=C\C=C\[C@@H](O)CCCCC)COP(=O)(O)OC1[C@H](O)[C@H](O)C(O)[C@H](O)[C@H]1O. The molecule has 1 rings (SSSR count). The van der Waals surface area contributed by atoms with Gasteiger partial charge in [-0.25, -0.2) is 4.57 Å². The number of phosphoric ester groups is 1. The maximum absolute atomic E-state index is 12.8. The molecule has 1 aliphatic rings. The van der Waals surface area contributed by atoms with Crippen LogP contribution in [0, 0.1) is 0 Å². The topological polar surface area (TPSA) is 250 Å². The number of ether oxygens (including phenoxy) is 2. The summed E-state index contributed by atoms with van der Waals surface area (Å²) in [7, 11) is -5.17. The van der Waals surface area contributed by atoms with E-state index in [0.717, 1.165) is 51.4 Å². The van der Waals surface area contributed by atoms with Crippen molar-refractivity contribution in [1.29, 1.82) is 0 Å². The number of hydrogen-bond donors (Lipinski definition) is 8. The first-order valence-electron chi connectivity index (χ1n) is 23.7. The highest BCUT2D eigenvalue weighted by molar-refractivity contribution is 7.47. The molecule has 0 spiro atoms. The Morgan fingerprint density at radius 2 is 0.984 bits per heavy atom. The molecule has 0 heterocycles. The molecule has 0 bridgehead atoms. The number of hydrogen-bond acceptors (Lipinski definition) is 14. The smallest absolute Gasteiger partial charge is 0.462 e. The van der Waals surface area contributed by atoms with Gasteiger partial charge in [-0.3, -0.25) is 18.6 Å². The van der Waals surface area contributed by atoms with Crippen LogP contribution in [0.3, 0.4) is 0 Å². The number of phosphoric acid groups is 1. The predicted molar refractivity (Wildman–Crippen MR) is 242 cm³/mol. The third-order valence-corrected chi connectivity index (χ3v) is 11.9. The van der Waals surface area contributed by atoms with Crippen molar-refractivity contribution < 1.29 is 73.3 Å². The van der Waals surface area contributed by atoms with Gasteiger partial charge in [0.05, 0.1) is 18.8 Å². The summed E-state index contributed by atoms with van der Waals surface area (Å²) in [5.74, 6) is -1.33. The molecule has 10 atom stereocenters. The maximum atomic E-state index is 12.8. The van der Waals surface area contributed by atoms with E-state index in [-0.39, 0.29) is 25.7 Å². The summed E-state index contributed by atoms with van der Waals surface area (Å²) in [6, 6.07) is 0. The largest absolute Gasteiger partial charge is 0.472 e. The number of aliphatic hydroxyl groups excluding tert-OH is 7. The molecule has 0 amide bonds. The summed E-state index contributed by atoms with van der Waals surface area (Å²) in [6.07, 6.45) is 22.2. The van der Waals surface area contributed by atoms with E-state index in [1.54, 1.807) is 24.3 Å². The Morgan fingerprint density at radius 3 is 1.49 bits per heavy atom. The average molecular weight is 919 g/mol. The fraction of sp³-hybridized carbons (Fsp3) is 0.787. The standard InChI is InChI=1S/C47H83O15P/c1-3-5-7-8-9-10-11-12-13-14-15-16-20-23-27-33-41(51)61-39(36-60-63(57,58)62-47-45(55)43(53)42(52)44(54)46(47)56)35-59-40(50)34-28-32-38(49)31-26-22-19-17-18-21-25-30-37(48)29-24-6-4-2/h18-19,21-22,25-26,30-31,37-39,42-49,52-56H,3-17,20,23-24,27-29,32-36H2,1-2H3,(H,57,58)/b21-18-,22-19-,30-25+,31-26+/t37-,38-,39+,42?,43-,44+,45+,46+,47?/m0/s1. The van der Waals surface area contributed by atoms with Gasteiger partial charge in [0.25, 0.3) is 0 Å². The Bertz CT molecular complexity index is 1320. The van der Waals surface area contributed by atoms with Crippen molar-refractivity contribution in [3.63, 3.8) is 0 Å². The minimum absolute atomic E-state index is 0.0491. The van der Waals surface area contributed by atoms with E-state index in [9.17, 15) is 54.8 Å². The summed E-state index contributed by atoms with van der Waals surface area (Å²) in [4.78, 5) is 35.7. The first kappa shape index (κ1) is 58.7.